The lowest BCUT2D eigenvalue weighted by molar-refractivity contribution is -0.141. The largest absolute Gasteiger partial charge is 0.433 e. The fourth-order valence-corrected chi connectivity index (χ4v) is 2.23. The van der Waals surface area contributed by atoms with Crippen molar-refractivity contribution in [1.29, 1.82) is 5.26 Å². The van der Waals surface area contributed by atoms with Crippen LogP contribution in [0, 0.1) is 11.3 Å². The van der Waals surface area contributed by atoms with Crippen LogP contribution in [-0.4, -0.2) is 22.2 Å². The molecule has 1 fully saturated rings. The lowest BCUT2D eigenvalue weighted by Gasteiger charge is -2.27. The number of hydrogen-bond donors (Lipinski definition) is 2. The van der Waals surface area contributed by atoms with E-state index in [1.165, 1.54) is 0 Å². The molecule has 1 heterocycles. The lowest BCUT2D eigenvalue weighted by Crippen LogP contribution is -2.29. The van der Waals surface area contributed by atoms with E-state index in [-0.39, 0.29) is 23.5 Å². The predicted octanol–water partition coefficient (Wildman–Crippen LogP) is 2.69. The average Bonchev–Trinajstić information content (AvgIpc) is 2.40. The van der Waals surface area contributed by atoms with E-state index < -0.39 is 11.9 Å². The summed E-state index contributed by atoms with van der Waals surface area (Å²) in [5.74, 6) is -0.0382. The van der Waals surface area contributed by atoms with Gasteiger partial charge in [-0.05, 0) is 37.8 Å². The number of alkyl halides is 3. The first-order valence-electron chi connectivity index (χ1n) is 6.33. The maximum atomic E-state index is 12.6. The van der Waals surface area contributed by atoms with Gasteiger partial charge in [-0.3, -0.25) is 0 Å². The number of nitrogens with one attached hydrogen (secondary N) is 1. The number of anilines is 1. The van der Waals surface area contributed by atoms with Gasteiger partial charge in [-0.2, -0.15) is 18.4 Å². The Hall–Kier alpha value is -1.81. The molecule has 0 radical (unpaired) electrons. The minimum Gasteiger partial charge on any atom is -0.393 e. The first-order valence-corrected chi connectivity index (χ1v) is 6.33. The zero-order chi connectivity index (χ0) is 14.8. The molecule has 2 N–H and O–H groups in total. The highest BCUT2D eigenvalue weighted by Gasteiger charge is 2.33. The van der Waals surface area contributed by atoms with E-state index in [2.05, 4.69) is 10.3 Å². The van der Waals surface area contributed by atoms with Gasteiger partial charge < -0.3 is 10.4 Å². The molecule has 1 saturated carbocycles. The van der Waals surface area contributed by atoms with Gasteiger partial charge in [0.2, 0.25) is 0 Å². The van der Waals surface area contributed by atoms with E-state index in [1.807, 2.05) is 6.07 Å². The molecular weight excluding hydrogens is 271 g/mol. The molecule has 0 aliphatic heterocycles. The summed E-state index contributed by atoms with van der Waals surface area (Å²) in [6.45, 7) is 0. The van der Waals surface area contributed by atoms with Crippen LogP contribution in [0.4, 0.5) is 19.0 Å². The number of nitrogens with zero attached hydrogens (tertiary/aromatic N) is 2. The van der Waals surface area contributed by atoms with Crippen LogP contribution in [0.25, 0.3) is 0 Å². The van der Waals surface area contributed by atoms with Gasteiger partial charge in [-0.15, -0.1) is 0 Å². The minimum absolute atomic E-state index is 0.0382. The van der Waals surface area contributed by atoms with Gasteiger partial charge in [0.05, 0.1) is 11.7 Å². The van der Waals surface area contributed by atoms with E-state index in [1.54, 1.807) is 0 Å². The average molecular weight is 285 g/mol. The molecule has 7 heteroatoms. The Morgan fingerprint density at radius 1 is 1.25 bits per heavy atom. The molecule has 2 rings (SSSR count). The summed E-state index contributed by atoms with van der Waals surface area (Å²) in [7, 11) is 0. The number of pyridine rings is 1. The van der Waals surface area contributed by atoms with E-state index in [9.17, 15) is 18.3 Å². The van der Waals surface area contributed by atoms with E-state index in [0.29, 0.717) is 25.7 Å². The Balaban J connectivity index is 2.19. The van der Waals surface area contributed by atoms with Gasteiger partial charge in [0.25, 0.3) is 0 Å². The minimum atomic E-state index is -4.53. The SMILES string of the molecule is N#Cc1ccc(C(F)(F)F)nc1NC1CCC(O)CC1. The molecule has 1 aromatic heterocycles. The highest BCUT2D eigenvalue weighted by Crippen LogP contribution is 2.30. The summed E-state index contributed by atoms with van der Waals surface area (Å²) in [4.78, 5) is 3.51. The molecule has 4 nitrogen and oxygen atoms in total. The summed E-state index contributed by atoms with van der Waals surface area (Å²) < 4.78 is 37.9. The van der Waals surface area contributed by atoms with Crippen molar-refractivity contribution in [2.24, 2.45) is 0 Å². The highest BCUT2D eigenvalue weighted by atomic mass is 19.4. The number of halogens is 3. The Morgan fingerprint density at radius 3 is 2.45 bits per heavy atom. The van der Waals surface area contributed by atoms with Crippen LogP contribution >= 0.6 is 0 Å². The second kappa shape index (κ2) is 5.67. The van der Waals surface area contributed by atoms with Crippen molar-refractivity contribution in [3.63, 3.8) is 0 Å². The molecule has 108 valence electrons. The molecular formula is C13H14F3N3O. The highest BCUT2D eigenvalue weighted by molar-refractivity contribution is 5.53. The third kappa shape index (κ3) is 3.39. The number of hydrogen-bond acceptors (Lipinski definition) is 4. The zero-order valence-electron chi connectivity index (χ0n) is 10.6. The van der Waals surface area contributed by atoms with Crippen LogP contribution < -0.4 is 5.32 Å². The van der Waals surface area contributed by atoms with Crippen LogP contribution in [-0.2, 0) is 6.18 Å². The number of aliphatic hydroxyl groups excluding tert-OH is 1. The first-order chi connectivity index (χ1) is 9.40. The quantitative estimate of drug-likeness (QED) is 0.876. The molecule has 0 amide bonds. The van der Waals surface area contributed by atoms with Gasteiger partial charge in [0, 0.05) is 6.04 Å². The van der Waals surface area contributed by atoms with Gasteiger partial charge in [-0.25, -0.2) is 4.98 Å². The number of nitriles is 1. The monoisotopic (exact) mass is 285 g/mol. The second-order valence-electron chi connectivity index (χ2n) is 4.85. The Morgan fingerprint density at radius 2 is 1.90 bits per heavy atom. The molecule has 1 aliphatic rings. The Labute approximate surface area is 114 Å². The van der Waals surface area contributed by atoms with Crippen molar-refractivity contribution in [1.82, 2.24) is 4.98 Å². The summed E-state index contributed by atoms with van der Waals surface area (Å²) in [5, 5.41) is 21.2. The molecule has 0 saturated heterocycles. The topological polar surface area (TPSA) is 68.9 Å². The molecule has 0 spiro atoms. The molecule has 0 unspecified atom stereocenters. The fraction of sp³-hybridized carbons (Fsp3) is 0.538. The van der Waals surface area contributed by atoms with Gasteiger partial charge in [-0.1, -0.05) is 0 Å². The number of aromatic nitrogens is 1. The molecule has 20 heavy (non-hydrogen) atoms. The number of aliphatic hydroxyl groups is 1. The van der Waals surface area contributed by atoms with Crippen molar-refractivity contribution in [2.45, 2.75) is 44.0 Å². The standard InChI is InChI=1S/C13H14F3N3O/c14-13(15,16)11-6-1-8(7-17)12(19-11)18-9-2-4-10(20)5-3-9/h1,6,9-10,20H,2-5H2,(H,18,19). The summed E-state index contributed by atoms with van der Waals surface area (Å²) in [6, 6.07) is 3.68. The van der Waals surface area contributed by atoms with Crippen molar-refractivity contribution < 1.29 is 18.3 Å². The second-order valence-corrected chi connectivity index (χ2v) is 4.85. The fourth-order valence-electron chi connectivity index (χ4n) is 2.23. The number of rotatable bonds is 2. The molecule has 1 aliphatic carbocycles. The van der Waals surface area contributed by atoms with Crippen LogP contribution in [0.2, 0.25) is 0 Å². The Bertz CT molecular complexity index is 517. The van der Waals surface area contributed by atoms with Gasteiger partial charge >= 0.3 is 6.18 Å². The smallest absolute Gasteiger partial charge is 0.393 e. The zero-order valence-corrected chi connectivity index (χ0v) is 10.6. The summed E-state index contributed by atoms with van der Waals surface area (Å²) >= 11 is 0. The molecule has 0 aromatic carbocycles. The van der Waals surface area contributed by atoms with Gasteiger partial charge in [0.1, 0.15) is 17.6 Å². The van der Waals surface area contributed by atoms with Crippen molar-refractivity contribution in [3.05, 3.63) is 23.4 Å². The van der Waals surface area contributed by atoms with Crippen LogP contribution in [0.3, 0.4) is 0 Å². The molecule has 0 bridgehead atoms. The summed E-state index contributed by atoms with van der Waals surface area (Å²) in [6.07, 6.45) is -2.41. The van der Waals surface area contributed by atoms with Crippen molar-refractivity contribution in [2.75, 3.05) is 5.32 Å². The maximum Gasteiger partial charge on any atom is 0.433 e. The first kappa shape index (κ1) is 14.6. The van der Waals surface area contributed by atoms with Crippen LogP contribution in [0.1, 0.15) is 36.9 Å². The normalized spacial score (nSPS) is 23.1. The molecule has 0 atom stereocenters. The van der Waals surface area contributed by atoms with Crippen molar-refractivity contribution >= 4 is 5.82 Å². The third-order valence-corrected chi connectivity index (χ3v) is 3.34. The third-order valence-electron chi connectivity index (χ3n) is 3.34. The van der Waals surface area contributed by atoms with Crippen LogP contribution in [0.15, 0.2) is 12.1 Å². The predicted molar refractivity (Wildman–Crippen MR) is 65.8 cm³/mol. The van der Waals surface area contributed by atoms with E-state index in [0.717, 1.165) is 12.1 Å². The Kier molecular flexibility index (Phi) is 4.14. The summed E-state index contributed by atoms with van der Waals surface area (Å²) in [5.41, 5.74) is -0.932. The maximum absolute atomic E-state index is 12.6. The van der Waals surface area contributed by atoms with E-state index >= 15 is 0 Å². The van der Waals surface area contributed by atoms with E-state index in [4.69, 9.17) is 5.26 Å². The lowest BCUT2D eigenvalue weighted by atomic mass is 9.93. The molecule has 1 aromatic rings. The van der Waals surface area contributed by atoms with Crippen LogP contribution in [0.5, 0.6) is 0 Å². The van der Waals surface area contributed by atoms with Gasteiger partial charge in [0.15, 0.2) is 0 Å². The van der Waals surface area contributed by atoms with Crippen molar-refractivity contribution in [3.8, 4) is 6.07 Å².